The van der Waals surface area contributed by atoms with Gasteiger partial charge in [-0.2, -0.15) is 0 Å². The van der Waals surface area contributed by atoms with E-state index >= 15 is 0 Å². The average molecular weight is 323 g/mol. The molecule has 0 amide bonds. The molecule has 1 fully saturated rings. The van der Waals surface area contributed by atoms with Gasteiger partial charge in [-0.3, -0.25) is 0 Å². The van der Waals surface area contributed by atoms with Gasteiger partial charge in [0.25, 0.3) is 0 Å². The van der Waals surface area contributed by atoms with Gasteiger partial charge >= 0.3 is 0 Å². The first kappa shape index (κ1) is 15.8. The normalized spacial score (nSPS) is 19.3. The van der Waals surface area contributed by atoms with Crippen LogP contribution in [0.25, 0.3) is 0 Å². The summed E-state index contributed by atoms with van der Waals surface area (Å²) in [6, 6.07) is 9.12. The van der Waals surface area contributed by atoms with Crippen LogP contribution in [0.2, 0.25) is 0 Å². The van der Waals surface area contributed by atoms with Crippen LogP contribution in [-0.2, 0) is 4.74 Å². The van der Waals surface area contributed by atoms with Gasteiger partial charge in [0.05, 0.1) is 6.61 Å². The quantitative estimate of drug-likeness (QED) is 0.937. The second-order valence-electron chi connectivity index (χ2n) is 5.25. The van der Waals surface area contributed by atoms with E-state index in [1.807, 2.05) is 0 Å². The SMILES string of the molecule is Fc1ccc(C(Oc2c(F)cccc2F)C2CNCCO2)cc1. The van der Waals surface area contributed by atoms with Gasteiger partial charge in [-0.25, -0.2) is 13.2 Å². The molecule has 2 atom stereocenters. The lowest BCUT2D eigenvalue weighted by molar-refractivity contribution is -0.0453. The van der Waals surface area contributed by atoms with Crippen molar-refractivity contribution in [3.05, 3.63) is 65.5 Å². The molecular formula is C17H16F3NO2. The molecule has 122 valence electrons. The molecule has 1 heterocycles. The molecule has 3 nitrogen and oxygen atoms in total. The number of hydrogen-bond donors (Lipinski definition) is 1. The van der Waals surface area contributed by atoms with Crippen molar-refractivity contribution in [2.24, 2.45) is 0 Å². The van der Waals surface area contributed by atoms with E-state index in [1.54, 1.807) is 0 Å². The van der Waals surface area contributed by atoms with Gasteiger partial charge in [0.1, 0.15) is 11.9 Å². The van der Waals surface area contributed by atoms with Crippen molar-refractivity contribution in [2.45, 2.75) is 12.2 Å². The Labute approximate surface area is 132 Å². The second kappa shape index (κ2) is 7.02. The Hall–Kier alpha value is -2.05. The third-order valence-corrected chi connectivity index (χ3v) is 3.66. The molecule has 0 spiro atoms. The summed E-state index contributed by atoms with van der Waals surface area (Å²) in [6.07, 6.45) is -1.19. The van der Waals surface area contributed by atoms with E-state index in [1.165, 1.54) is 30.3 Å². The number of halogens is 3. The smallest absolute Gasteiger partial charge is 0.191 e. The topological polar surface area (TPSA) is 30.5 Å². The minimum atomic E-state index is -0.791. The fraction of sp³-hybridized carbons (Fsp3) is 0.294. The van der Waals surface area contributed by atoms with Crippen LogP contribution in [0.1, 0.15) is 11.7 Å². The van der Waals surface area contributed by atoms with Crippen LogP contribution in [0.4, 0.5) is 13.2 Å². The molecule has 0 aromatic heterocycles. The maximum absolute atomic E-state index is 13.9. The molecule has 0 aliphatic carbocycles. The van der Waals surface area contributed by atoms with Crippen LogP contribution < -0.4 is 10.1 Å². The Morgan fingerprint density at radius 3 is 2.35 bits per heavy atom. The van der Waals surface area contributed by atoms with Crippen molar-refractivity contribution < 1.29 is 22.6 Å². The molecule has 2 aromatic carbocycles. The maximum atomic E-state index is 13.9. The van der Waals surface area contributed by atoms with Crippen molar-refractivity contribution in [1.29, 1.82) is 0 Å². The molecule has 1 N–H and O–H groups in total. The Morgan fingerprint density at radius 1 is 1.04 bits per heavy atom. The summed E-state index contributed by atoms with van der Waals surface area (Å²) in [4.78, 5) is 0. The number of ether oxygens (including phenoxy) is 2. The standard InChI is InChI=1S/C17H16F3NO2/c18-12-6-4-11(5-7-12)16(15-10-21-8-9-22-15)23-17-13(19)2-1-3-14(17)20/h1-7,15-16,21H,8-10H2. The molecular weight excluding hydrogens is 307 g/mol. The van der Waals surface area contributed by atoms with Gasteiger partial charge in [-0.1, -0.05) is 18.2 Å². The summed E-state index contributed by atoms with van der Waals surface area (Å²) >= 11 is 0. The van der Waals surface area contributed by atoms with E-state index in [0.717, 1.165) is 12.1 Å². The summed E-state index contributed by atoms with van der Waals surface area (Å²) in [5.74, 6) is -2.44. The predicted molar refractivity (Wildman–Crippen MR) is 78.7 cm³/mol. The van der Waals surface area contributed by atoms with Gasteiger partial charge in [-0.05, 0) is 29.8 Å². The Bertz CT molecular complexity index is 637. The molecule has 0 bridgehead atoms. The molecule has 1 saturated heterocycles. The van der Waals surface area contributed by atoms with E-state index in [-0.39, 0.29) is 0 Å². The fourth-order valence-corrected chi connectivity index (χ4v) is 2.51. The number of benzene rings is 2. The van der Waals surface area contributed by atoms with Crippen LogP contribution in [0.15, 0.2) is 42.5 Å². The highest BCUT2D eigenvalue weighted by atomic mass is 19.1. The molecule has 1 aliphatic heterocycles. The van der Waals surface area contributed by atoms with Gasteiger partial charge < -0.3 is 14.8 Å². The van der Waals surface area contributed by atoms with E-state index < -0.39 is 35.4 Å². The summed E-state index contributed by atoms with van der Waals surface area (Å²) in [7, 11) is 0. The average Bonchev–Trinajstić information content (AvgIpc) is 2.57. The number of rotatable bonds is 4. The van der Waals surface area contributed by atoms with Crippen LogP contribution in [0.3, 0.4) is 0 Å². The van der Waals surface area contributed by atoms with Crippen molar-refractivity contribution in [3.63, 3.8) is 0 Å². The van der Waals surface area contributed by atoms with Crippen LogP contribution in [-0.4, -0.2) is 25.8 Å². The van der Waals surface area contributed by atoms with Gasteiger partial charge in [0.2, 0.25) is 0 Å². The third kappa shape index (κ3) is 3.65. The summed E-state index contributed by atoms with van der Waals surface area (Å²) in [5, 5.41) is 3.14. The monoisotopic (exact) mass is 323 g/mol. The Balaban J connectivity index is 1.92. The van der Waals surface area contributed by atoms with Gasteiger partial charge in [0, 0.05) is 13.1 Å². The minimum Gasteiger partial charge on any atom is -0.477 e. The van der Waals surface area contributed by atoms with E-state index in [4.69, 9.17) is 9.47 Å². The number of morpholine rings is 1. The third-order valence-electron chi connectivity index (χ3n) is 3.66. The first-order chi connectivity index (χ1) is 11.1. The highest BCUT2D eigenvalue weighted by Crippen LogP contribution is 2.31. The highest BCUT2D eigenvalue weighted by Gasteiger charge is 2.29. The summed E-state index contributed by atoms with van der Waals surface area (Å²) in [5.41, 5.74) is 0.586. The number of nitrogens with one attached hydrogen (secondary N) is 1. The molecule has 2 unspecified atom stereocenters. The Morgan fingerprint density at radius 2 is 1.74 bits per heavy atom. The molecule has 3 rings (SSSR count). The molecule has 1 aliphatic rings. The predicted octanol–water partition coefficient (Wildman–Crippen LogP) is 3.21. The minimum absolute atomic E-state index is 0.396. The summed E-state index contributed by atoms with van der Waals surface area (Å²) < 4.78 is 52.2. The van der Waals surface area contributed by atoms with E-state index in [0.29, 0.717) is 25.3 Å². The maximum Gasteiger partial charge on any atom is 0.191 e. The largest absolute Gasteiger partial charge is 0.477 e. The molecule has 2 aromatic rings. The Kier molecular flexibility index (Phi) is 4.83. The highest BCUT2D eigenvalue weighted by molar-refractivity contribution is 5.29. The molecule has 0 saturated carbocycles. The van der Waals surface area contributed by atoms with E-state index in [9.17, 15) is 13.2 Å². The van der Waals surface area contributed by atoms with Crippen molar-refractivity contribution in [3.8, 4) is 5.75 Å². The van der Waals surface area contributed by atoms with Crippen molar-refractivity contribution in [1.82, 2.24) is 5.32 Å². The van der Waals surface area contributed by atoms with Crippen molar-refractivity contribution in [2.75, 3.05) is 19.7 Å². The zero-order valence-electron chi connectivity index (χ0n) is 12.3. The number of hydrogen-bond acceptors (Lipinski definition) is 3. The summed E-state index contributed by atoms with van der Waals surface area (Å²) in [6.45, 7) is 1.63. The molecule has 0 radical (unpaired) electrons. The zero-order chi connectivity index (χ0) is 16.2. The molecule has 6 heteroatoms. The molecule has 23 heavy (non-hydrogen) atoms. The fourth-order valence-electron chi connectivity index (χ4n) is 2.51. The number of para-hydroxylation sites is 1. The van der Waals surface area contributed by atoms with Crippen LogP contribution >= 0.6 is 0 Å². The first-order valence-electron chi connectivity index (χ1n) is 7.33. The van der Waals surface area contributed by atoms with Crippen LogP contribution in [0, 0.1) is 17.5 Å². The van der Waals surface area contributed by atoms with E-state index in [2.05, 4.69) is 5.32 Å². The van der Waals surface area contributed by atoms with Crippen LogP contribution in [0.5, 0.6) is 5.75 Å². The zero-order valence-corrected chi connectivity index (χ0v) is 12.3. The lowest BCUT2D eigenvalue weighted by Gasteiger charge is -2.31. The van der Waals surface area contributed by atoms with Gasteiger partial charge in [0.15, 0.2) is 23.5 Å². The van der Waals surface area contributed by atoms with Crippen molar-refractivity contribution >= 4 is 0 Å². The van der Waals surface area contributed by atoms with Gasteiger partial charge in [-0.15, -0.1) is 0 Å². The second-order valence-corrected chi connectivity index (χ2v) is 5.25. The lowest BCUT2D eigenvalue weighted by Crippen LogP contribution is -2.43. The first-order valence-corrected chi connectivity index (χ1v) is 7.33. The lowest BCUT2D eigenvalue weighted by atomic mass is 10.0.